The summed E-state index contributed by atoms with van der Waals surface area (Å²) < 4.78 is 81.3. The summed E-state index contributed by atoms with van der Waals surface area (Å²) in [5.74, 6) is -22.1. The van der Waals surface area contributed by atoms with Crippen molar-refractivity contribution in [2.24, 2.45) is 81.7 Å². The molecular formula is C77H122O46. The van der Waals surface area contributed by atoms with Crippen molar-refractivity contribution in [2.75, 3.05) is 205 Å². The van der Waals surface area contributed by atoms with Crippen LogP contribution in [0.1, 0.15) is 96.9 Å². The first-order chi connectivity index (χ1) is 56.9. The first kappa shape index (κ1) is 114. The summed E-state index contributed by atoms with van der Waals surface area (Å²) in [5, 5.41) is 159. The Morgan fingerprint density at radius 3 is 0.407 bits per heavy atom. The molecule has 0 bridgehead atoms. The zero-order chi connectivity index (χ0) is 95.5. The van der Waals surface area contributed by atoms with Crippen molar-refractivity contribution in [3.05, 3.63) is 0 Å². The Kier molecular flexibility index (Phi) is 45.4. The Morgan fingerprint density at radius 1 is 0.195 bits per heavy atom. The van der Waals surface area contributed by atoms with Crippen LogP contribution in [0.4, 0.5) is 0 Å². The van der Waals surface area contributed by atoms with Crippen LogP contribution in [-0.2, 0) is 143 Å². The molecule has 3 unspecified atom stereocenters. The predicted molar refractivity (Wildman–Crippen MR) is 404 cm³/mol. The highest BCUT2D eigenvalue weighted by molar-refractivity contribution is 5.87. The molecule has 46 nitrogen and oxygen atoms in total. The summed E-state index contributed by atoms with van der Waals surface area (Å²) in [4.78, 5) is 210. The van der Waals surface area contributed by atoms with Crippen LogP contribution in [-0.4, -0.2) is 376 Å². The highest BCUT2D eigenvalue weighted by atomic mass is 16.6. The quantitative estimate of drug-likeness (QED) is 0.0153. The van der Waals surface area contributed by atoms with Crippen molar-refractivity contribution in [1.82, 2.24) is 0 Å². The highest BCUT2D eigenvalue weighted by Crippen LogP contribution is 2.36. The van der Waals surface area contributed by atoms with Crippen LogP contribution in [0.3, 0.4) is 0 Å². The van der Waals surface area contributed by atoms with Crippen molar-refractivity contribution in [3.63, 3.8) is 0 Å². The standard InChI is InChI=1S/C77H122O46/c1-16-17-109-57(102)72(10,36-118-62(107)76(14,44-120-58(103)71(9,34-110-49(94)48(18-78)19-79)35-111-50(95)64(2,20-80)21-81)45-121-59(104)73(11,38-112-51(96)65(3,22-82)23-83)39-113-52(97)66(4,24-84)25-85)37-119-63(108)77(15,46-122-60(105)74(12,40-114-53(98)67(5,26-86)27-87)41-115-54(99)68(6,28-88)29-89)47-123-61(106)75(13,42-116-55(100)69(7,30-90)31-91)43-117-56(101)70(8,32-92)33-93/h1,48,78-93H,17-47H2,2-15H3. The van der Waals surface area contributed by atoms with Crippen LogP contribution in [0.25, 0.3) is 0 Å². The molecule has 0 radical (unpaired) electrons. The van der Waals surface area contributed by atoms with E-state index in [1.54, 1.807) is 0 Å². The van der Waals surface area contributed by atoms with Crippen LogP contribution < -0.4 is 0 Å². The lowest BCUT2D eigenvalue weighted by Crippen LogP contribution is -2.50. The summed E-state index contributed by atoms with van der Waals surface area (Å²) in [6, 6.07) is 0. The molecule has 123 heavy (non-hydrogen) atoms. The summed E-state index contributed by atoms with van der Waals surface area (Å²) in [6.45, 7) is -22.4. The minimum absolute atomic E-state index is 0.832. The molecule has 0 rings (SSSR count). The maximum absolute atomic E-state index is 15.2. The summed E-state index contributed by atoms with van der Waals surface area (Å²) in [7, 11) is 0. The molecule has 0 aromatic heterocycles. The maximum atomic E-state index is 15.2. The van der Waals surface area contributed by atoms with E-state index in [1.807, 2.05) is 5.92 Å². The Bertz CT molecular complexity index is 3390. The molecular weight excluding hydrogens is 1660 g/mol. The number of ether oxygens (including phenoxy) is 15. The van der Waals surface area contributed by atoms with Gasteiger partial charge in [-0.3, -0.25) is 71.9 Å². The monoisotopic (exact) mass is 1780 g/mol. The van der Waals surface area contributed by atoms with E-state index in [2.05, 4.69) is 0 Å². The average molecular weight is 1780 g/mol. The van der Waals surface area contributed by atoms with Gasteiger partial charge in [-0.15, -0.1) is 6.42 Å². The second kappa shape index (κ2) is 49.0. The third kappa shape index (κ3) is 30.7. The first-order valence-electron chi connectivity index (χ1n) is 37.7. The molecule has 0 heterocycles. The van der Waals surface area contributed by atoms with E-state index in [9.17, 15) is 144 Å². The largest absolute Gasteiger partial charge is 0.464 e. The van der Waals surface area contributed by atoms with E-state index in [0.717, 1.165) is 96.9 Å². The number of rotatable bonds is 60. The van der Waals surface area contributed by atoms with Gasteiger partial charge in [-0.1, -0.05) is 5.92 Å². The van der Waals surface area contributed by atoms with Crippen molar-refractivity contribution in [3.8, 4) is 12.3 Å². The van der Waals surface area contributed by atoms with Gasteiger partial charge in [0, 0.05) is 0 Å². The third-order valence-corrected chi connectivity index (χ3v) is 20.2. The summed E-state index contributed by atoms with van der Waals surface area (Å²) in [5.41, 5.74) is -32.6. The molecule has 0 aromatic carbocycles. The lowest BCUT2D eigenvalue weighted by atomic mass is 9.89. The number of carbonyl (C=O) groups is 15. The SMILES string of the molecule is C#CCOC(=O)C(C)(COC(=O)C(C)(COC(=O)C(C)(COC(=O)C(CO)CO)COC(=O)C(C)(CO)CO)COC(=O)C(C)(COC(=O)C(C)(CO)CO)COC(=O)C(C)(CO)CO)COC(=O)C(C)(COC(=O)C(C)(COC(=O)C(C)(CO)CO)COC(=O)C(C)(CO)CO)COC(=O)C(C)(COC(=O)C(C)(CO)CO)COC(=O)C(C)(CO)CO. The highest BCUT2D eigenvalue weighted by Gasteiger charge is 2.53. The topological polar surface area (TPSA) is 718 Å². The van der Waals surface area contributed by atoms with Crippen LogP contribution in [0.2, 0.25) is 0 Å². The van der Waals surface area contributed by atoms with Crippen molar-refractivity contribution in [2.45, 2.75) is 96.9 Å². The predicted octanol–water partition coefficient (Wildman–Crippen LogP) is -7.65. The molecule has 0 aliphatic heterocycles. The first-order valence-corrected chi connectivity index (χ1v) is 37.7. The number of hydrogen-bond donors (Lipinski definition) is 16. The van der Waals surface area contributed by atoms with Gasteiger partial charge >= 0.3 is 89.5 Å². The van der Waals surface area contributed by atoms with Crippen molar-refractivity contribution >= 4 is 89.5 Å². The van der Waals surface area contributed by atoms with E-state index in [0.29, 0.717) is 0 Å². The number of terminal acetylenes is 1. The van der Waals surface area contributed by atoms with E-state index in [4.69, 9.17) is 77.5 Å². The zero-order valence-corrected chi connectivity index (χ0v) is 71.5. The minimum Gasteiger partial charge on any atom is -0.464 e. The molecule has 3 atom stereocenters. The molecule has 0 saturated carbocycles. The molecule has 0 fully saturated rings. The van der Waals surface area contributed by atoms with Crippen LogP contribution in [0.5, 0.6) is 0 Å². The fourth-order valence-electron chi connectivity index (χ4n) is 8.39. The van der Waals surface area contributed by atoms with E-state index < -0.39 is 376 Å². The number of esters is 15. The van der Waals surface area contributed by atoms with Gasteiger partial charge in [0.2, 0.25) is 0 Å². The van der Waals surface area contributed by atoms with Gasteiger partial charge in [0.25, 0.3) is 0 Å². The molecule has 46 heteroatoms. The Morgan fingerprint density at radius 2 is 0.301 bits per heavy atom. The fourth-order valence-corrected chi connectivity index (χ4v) is 8.39. The lowest BCUT2D eigenvalue weighted by molar-refractivity contribution is -0.189. The lowest BCUT2D eigenvalue weighted by Gasteiger charge is -2.35. The van der Waals surface area contributed by atoms with E-state index in [1.165, 1.54) is 0 Å². The van der Waals surface area contributed by atoms with Gasteiger partial charge in [-0.2, -0.15) is 0 Å². The number of carbonyl (C=O) groups excluding carboxylic acids is 15. The molecule has 0 aliphatic rings. The van der Waals surface area contributed by atoms with Gasteiger partial charge in [0.15, 0.2) is 6.61 Å². The van der Waals surface area contributed by atoms with Crippen LogP contribution in [0, 0.1) is 94.1 Å². The van der Waals surface area contributed by atoms with Crippen LogP contribution in [0.15, 0.2) is 0 Å². The number of hydrogen-bond acceptors (Lipinski definition) is 46. The molecule has 16 N–H and O–H groups in total. The maximum Gasteiger partial charge on any atom is 0.319 e. The van der Waals surface area contributed by atoms with Crippen molar-refractivity contribution < 1.29 is 225 Å². The number of aliphatic hydroxyl groups is 16. The van der Waals surface area contributed by atoms with E-state index in [-0.39, 0.29) is 0 Å². The van der Waals surface area contributed by atoms with Crippen molar-refractivity contribution in [1.29, 1.82) is 0 Å². The minimum atomic E-state index is -2.76. The summed E-state index contributed by atoms with van der Waals surface area (Å²) in [6.07, 6.45) is 5.43. The molecule has 0 spiro atoms. The smallest absolute Gasteiger partial charge is 0.319 e. The van der Waals surface area contributed by atoms with Gasteiger partial charge in [-0.05, 0) is 96.9 Å². The second-order valence-corrected chi connectivity index (χ2v) is 34.0. The molecule has 0 amide bonds. The normalized spacial score (nSPS) is 14.1. The van der Waals surface area contributed by atoms with Crippen LogP contribution >= 0.6 is 0 Å². The fraction of sp³-hybridized carbons (Fsp3) is 0.779. The summed E-state index contributed by atoms with van der Waals surface area (Å²) >= 11 is 0. The molecule has 0 saturated heterocycles. The van der Waals surface area contributed by atoms with Gasteiger partial charge in [0.05, 0.1) is 106 Å². The zero-order valence-electron chi connectivity index (χ0n) is 71.5. The molecule has 706 valence electrons. The Balaban J connectivity index is 9.00. The molecule has 0 aliphatic carbocycles. The molecule has 0 aromatic rings. The number of aliphatic hydroxyl groups excluding tert-OH is 16. The van der Waals surface area contributed by atoms with Gasteiger partial charge < -0.3 is 153 Å². The Hall–Kier alpha value is -9.03. The Labute approximate surface area is 707 Å². The second-order valence-electron chi connectivity index (χ2n) is 34.0. The van der Waals surface area contributed by atoms with E-state index >= 15 is 9.59 Å². The third-order valence-electron chi connectivity index (χ3n) is 20.2. The average Bonchev–Trinajstić information content (AvgIpc) is 0.806. The van der Waals surface area contributed by atoms with Gasteiger partial charge in [0.1, 0.15) is 174 Å². The van der Waals surface area contributed by atoms with Gasteiger partial charge in [-0.25, -0.2) is 0 Å².